The zero-order chi connectivity index (χ0) is 28.9. The first kappa shape index (κ1) is 28.8. The zero-order valence-corrected chi connectivity index (χ0v) is 23.3. The molecule has 3 aromatic carbocycles. The molecule has 0 saturated heterocycles. The number of methoxy groups -OCH3 is 1. The number of hydrazone groups is 1. The summed E-state index contributed by atoms with van der Waals surface area (Å²) < 4.78 is 37.5. The van der Waals surface area contributed by atoms with E-state index in [4.69, 9.17) is 9.47 Å². The Morgan fingerprint density at radius 2 is 1.70 bits per heavy atom. The molecule has 1 aliphatic heterocycles. The summed E-state index contributed by atoms with van der Waals surface area (Å²) in [6.45, 7) is 3.22. The molecule has 1 atom stereocenters. The molecule has 1 unspecified atom stereocenters. The van der Waals surface area contributed by atoms with Crippen LogP contribution in [0.5, 0.6) is 11.5 Å². The first-order valence-corrected chi connectivity index (χ1v) is 14.2. The van der Waals surface area contributed by atoms with E-state index in [-0.39, 0.29) is 23.5 Å². The summed E-state index contributed by atoms with van der Waals surface area (Å²) in [6.07, 6.45) is 0.447. The second-order valence-electron chi connectivity index (χ2n) is 8.99. The molecule has 0 saturated carbocycles. The number of amides is 1. The highest BCUT2D eigenvalue weighted by Gasteiger charge is 2.34. The Bertz CT molecular complexity index is 1500. The average molecular weight is 566 g/mol. The molecule has 1 aliphatic rings. The van der Waals surface area contributed by atoms with Gasteiger partial charge in [0.2, 0.25) is 10.0 Å². The summed E-state index contributed by atoms with van der Waals surface area (Å²) in [6, 6.07) is 19.7. The minimum Gasteiger partial charge on any atom is -0.507 e. The number of rotatable bonds is 10. The maximum absolute atomic E-state index is 13.3. The lowest BCUT2D eigenvalue weighted by Gasteiger charge is -2.22. The number of aromatic hydroxyl groups is 1. The minimum absolute atomic E-state index is 0.163. The van der Waals surface area contributed by atoms with Crippen LogP contribution in [0.25, 0.3) is 0 Å². The molecular formula is C29H31N3O7S. The summed E-state index contributed by atoms with van der Waals surface area (Å²) in [5.41, 5.74) is 2.03. The molecule has 40 heavy (non-hydrogen) atoms. The van der Waals surface area contributed by atoms with Crippen molar-refractivity contribution in [2.75, 3.05) is 26.8 Å². The summed E-state index contributed by atoms with van der Waals surface area (Å²) in [5.74, 6) is -1.40. The number of benzene rings is 3. The molecule has 3 aromatic rings. The average Bonchev–Trinajstić information content (AvgIpc) is 3.42. The third-order valence-corrected chi connectivity index (χ3v) is 8.68. The first-order chi connectivity index (χ1) is 19.2. The van der Waals surface area contributed by atoms with E-state index in [0.29, 0.717) is 17.9 Å². The Balaban J connectivity index is 1.55. The van der Waals surface area contributed by atoms with E-state index in [1.54, 1.807) is 33.1 Å². The molecule has 0 radical (unpaired) electrons. The number of phenolic OH excluding ortho intramolecular Hbond substituents is 1. The van der Waals surface area contributed by atoms with Crippen LogP contribution in [0, 0.1) is 0 Å². The van der Waals surface area contributed by atoms with Gasteiger partial charge in [-0.3, -0.25) is 4.79 Å². The lowest BCUT2D eigenvalue weighted by atomic mass is 9.98. The third-order valence-electron chi connectivity index (χ3n) is 6.63. The van der Waals surface area contributed by atoms with Gasteiger partial charge < -0.3 is 14.6 Å². The van der Waals surface area contributed by atoms with Crippen LogP contribution in [-0.4, -0.2) is 67.2 Å². The number of phenols is 1. The number of ether oxygens (including phenoxy) is 2. The summed E-state index contributed by atoms with van der Waals surface area (Å²) in [7, 11) is -2.31. The molecule has 210 valence electrons. The normalized spacial score (nSPS) is 15.2. The topological polar surface area (TPSA) is 126 Å². The third kappa shape index (κ3) is 6.00. The predicted molar refractivity (Wildman–Crippen MR) is 149 cm³/mol. The predicted octanol–water partition coefficient (Wildman–Crippen LogP) is 3.97. The molecule has 4 rings (SSSR count). The van der Waals surface area contributed by atoms with Crippen LogP contribution < -0.4 is 4.74 Å². The fourth-order valence-electron chi connectivity index (χ4n) is 4.45. The van der Waals surface area contributed by atoms with Crippen LogP contribution >= 0.6 is 0 Å². The Morgan fingerprint density at radius 1 is 1.02 bits per heavy atom. The highest BCUT2D eigenvalue weighted by Crippen LogP contribution is 2.34. The maximum Gasteiger partial charge on any atom is 0.342 e. The maximum atomic E-state index is 13.3. The highest BCUT2D eigenvalue weighted by atomic mass is 32.2. The molecule has 0 aromatic heterocycles. The molecule has 1 heterocycles. The van der Waals surface area contributed by atoms with Crippen molar-refractivity contribution < 1.29 is 32.6 Å². The molecule has 0 fully saturated rings. The Kier molecular flexibility index (Phi) is 8.86. The van der Waals surface area contributed by atoms with Crippen LogP contribution in [0.1, 0.15) is 47.8 Å². The summed E-state index contributed by atoms with van der Waals surface area (Å²) in [5, 5.41) is 16.1. The van der Waals surface area contributed by atoms with Gasteiger partial charge in [-0.05, 0) is 41.5 Å². The number of nitrogens with zero attached hydrogens (tertiary/aromatic N) is 3. The van der Waals surface area contributed by atoms with Gasteiger partial charge in [0.1, 0.15) is 17.1 Å². The molecule has 11 heteroatoms. The largest absolute Gasteiger partial charge is 0.507 e. The second-order valence-corrected chi connectivity index (χ2v) is 10.9. The smallest absolute Gasteiger partial charge is 0.342 e. The van der Waals surface area contributed by atoms with Crippen molar-refractivity contribution in [3.05, 3.63) is 89.5 Å². The number of carbonyl (C=O) groups excluding carboxylic acids is 2. The van der Waals surface area contributed by atoms with Gasteiger partial charge in [-0.25, -0.2) is 18.2 Å². The minimum atomic E-state index is -3.88. The number of carbonyl (C=O) groups is 2. The van der Waals surface area contributed by atoms with Crippen LogP contribution in [-0.2, 0) is 19.6 Å². The van der Waals surface area contributed by atoms with E-state index < -0.39 is 40.3 Å². The summed E-state index contributed by atoms with van der Waals surface area (Å²) in [4.78, 5) is 26.0. The van der Waals surface area contributed by atoms with Gasteiger partial charge in [-0.2, -0.15) is 9.41 Å². The quantitative estimate of drug-likeness (QED) is 0.369. The Labute approximate surface area is 233 Å². The SMILES string of the molecule is CCN(CC)S(=O)(=O)c1ccc(O)c(C(=O)OCC(=O)N2N=C(c3ccccc3)CC2c2ccc(OC)cc2)c1. The lowest BCUT2D eigenvalue weighted by Crippen LogP contribution is -2.31. The van der Waals surface area contributed by atoms with Gasteiger partial charge in [0, 0.05) is 19.5 Å². The molecule has 10 nitrogen and oxygen atoms in total. The van der Waals surface area contributed by atoms with Gasteiger partial charge in [0.05, 0.1) is 23.8 Å². The Morgan fingerprint density at radius 3 is 2.33 bits per heavy atom. The van der Waals surface area contributed by atoms with E-state index >= 15 is 0 Å². The zero-order valence-electron chi connectivity index (χ0n) is 22.5. The van der Waals surface area contributed by atoms with Crippen LogP contribution in [0.2, 0.25) is 0 Å². The van der Waals surface area contributed by atoms with Gasteiger partial charge in [-0.1, -0.05) is 56.3 Å². The van der Waals surface area contributed by atoms with Crippen LogP contribution in [0.3, 0.4) is 0 Å². The fourth-order valence-corrected chi connectivity index (χ4v) is 5.94. The van der Waals surface area contributed by atoms with Crippen molar-refractivity contribution in [1.29, 1.82) is 0 Å². The monoisotopic (exact) mass is 565 g/mol. The van der Waals surface area contributed by atoms with E-state index in [9.17, 15) is 23.1 Å². The van der Waals surface area contributed by atoms with Crippen molar-refractivity contribution in [2.24, 2.45) is 5.10 Å². The Hall–Kier alpha value is -4.22. The molecule has 0 bridgehead atoms. The van der Waals surface area contributed by atoms with Crippen molar-refractivity contribution >= 4 is 27.6 Å². The van der Waals surface area contributed by atoms with E-state index in [1.807, 2.05) is 42.5 Å². The van der Waals surface area contributed by atoms with Crippen LogP contribution in [0.15, 0.2) is 82.8 Å². The van der Waals surface area contributed by atoms with Crippen molar-refractivity contribution in [1.82, 2.24) is 9.31 Å². The van der Waals surface area contributed by atoms with Gasteiger partial charge >= 0.3 is 5.97 Å². The fraction of sp³-hybridized carbons (Fsp3) is 0.276. The number of hydrogen-bond donors (Lipinski definition) is 1. The number of hydrogen-bond acceptors (Lipinski definition) is 8. The highest BCUT2D eigenvalue weighted by molar-refractivity contribution is 7.89. The van der Waals surface area contributed by atoms with Crippen molar-refractivity contribution in [3.63, 3.8) is 0 Å². The van der Waals surface area contributed by atoms with Gasteiger partial charge in [0.25, 0.3) is 5.91 Å². The van der Waals surface area contributed by atoms with Crippen molar-refractivity contribution in [2.45, 2.75) is 31.2 Å². The molecular weight excluding hydrogens is 534 g/mol. The molecule has 0 spiro atoms. The first-order valence-electron chi connectivity index (χ1n) is 12.8. The molecule has 1 N–H and O–H groups in total. The molecule has 1 amide bonds. The lowest BCUT2D eigenvalue weighted by molar-refractivity contribution is -0.136. The standard InChI is InChI=1S/C29H31N3O7S/c1-4-31(5-2)40(36,37)23-15-16-27(33)24(17-23)29(35)39-19-28(34)32-26(21-11-13-22(38-3)14-12-21)18-25(30-32)20-9-7-6-8-10-20/h6-17,26,33H,4-5,18-19H2,1-3H3. The molecule has 0 aliphatic carbocycles. The van der Waals surface area contributed by atoms with E-state index in [1.165, 1.54) is 15.4 Å². The van der Waals surface area contributed by atoms with Crippen LogP contribution in [0.4, 0.5) is 0 Å². The van der Waals surface area contributed by atoms with Crippen molar-refractivity contribution in [3.8, 4) is 11.5 Å². The van der Waals surface area contributed by atoms with E-state index in [0.717, 1.165) is 23.3 Å². The van der Waals surface area contributed by atoms with E-state index in [2.05, 4.69) is 5.10 Å². The number of esters is 1. The summed E-state index contributed by atoms with van der Waals surface area (Å²) >= 11 is 0. The second kappa shape index (κ2) is 12.3. The van der Waals surface area contributed by atoms with Gasteiger partial charge in [-0.15, -0.1) is 0 Å². The van der Waals surface area contributed by atoms with Gasteiger partial charge in [0.15, 0.2) is 6.61 Å². The number of sulfonamides is 1.